The van der Waals surface area contributed by atoms with Crippen LogP contribution in [0.25, 0.3) is 5.57 Å². The lowest BCUT2D eigenvalue weighted by Crippen LogP contribution is -3.00. The van der Waals surface area contributed by atoms with Gasteiger partial charge in [0.1, 0.15) is 12.2 Å². The molecule has 0 spiro atoms. The van der Waals surface area contributed by atoms with Gasteiger partial charge in [0.15, 0.2) is 0 Å². The predicted octanol–water partition coefficient (Wildman–Crippen LogP) is 1.28. The van der Waals surface area contributed by atoms with Crippen molar-refractivity contribution in [3.8, 4) is 5.88 Å². The average molecular weight is 432 g/mol. The van der Waals surface area contributed by atoms with Crippen LogP contribution in [0.2, 0.25) is 0 Å². The van der Waals surface area contributed by atoms with Gasteiger partial charge >= 0.3 is 5.97 Å². The Hall–Kier alpha value is -1.18. The Labute approximate surface area is 179 Å². The Morgan fingerprint density at radius 2 is 2.00 bits per heavy atom. The third-order valence-electron chi connectivity index (χ3n) is 5.20. The summed E-state index contributed by atoms with van der Waals surface area (Å²) in [5.74, 6) is 0.377. The second-order valence-corrected chi connectivity index (χ2v) is 8.43. The number of carbonyl (C=O) groups is 1. The number of ether oxygens (including phenoxy) is 2. The number of hydrogen-bond donors (Lipinski definition) is 0. The molecule has 6 nitrogen and oxygen atoms in total. The normalized spacial score (nSPS) is 20.3. The second kappa shape index (κ2) is 11.7. The van der Waals surface area contributed by atoms with Crippen LogP contribution in [0.5, 0.6) is 5.88 Å². The summed E-state index contributed by atoms with van der Waals surface area (Å²) in [6.45, 7) is 10.3. The lowest BCUT2D eigenvalue weighted by Gasteiger charge is -2.41. The first-order valence-corrected chi connectivity index (χ1v) is 10.8. The van der Waals surface area contributed by atoms with Crippen molar-refractivity contribution < 1.29 is 31.2 Å². The highest BCUT2D eigenvalue weighted by Gasteiger charge is 2.37. The van der Waals surface area contributed by atoms with Crippen LogP contribution in [-0.4, -0.2) is 52.2 Å². The highest BCUT2D eigenvalue weighted by atomic mass is 35.5. The van der Waals surface area contributed by atoms with Crippen LogP contribution >= 0.6 is 11.7 Å². The fraction of sp³-hybridized carbons (Fsp3) is 0.750. The number of carbonyl (C=O) groups excluding carboxylic acids is 1. The van der Waals surface area contributed by atoms with E-state index in [0.717, 1.165) is 37.2 Å². The third kappa shape index (κ3) is 6.71. The fourth-order valence-corrected chi connectivity index (χ4v) is 3.68. The van der Waals surface area contributed by atoms with Crippen molar-refractivity contribution in [2.45, 2.75) is 66.0 Å². The van der Waals surface area contributed by atoms with Crippen molar-refractivity contribution in [2.24, 2.45) is 5.92 Å². The molecule has 2 rings (SSSR count). The van der Waals surface area contributed by atoms with E-state index in [0.29, 0.717) is 17.0 Å². The van der Waals surface area contributed by atoms with E-state index >= 15 is 0 Å². The Morgan fingerprint density at radius 3 is 2.68 bits per heavy atom. The standard InChI is InChI=1S/C20H34N3O3S.ClH/c1-6-7-8-9-13-25-19-18(21-27-22-19)17-11-10-12-23(5,14-17)16(4)26-20(24)15(2)3;/h11,15-16H,6-10,12-14H2,1-5H3;1H/q+1;/p-1. The number of aromatic nitrogens is 2. The topological polar surface area (TPSA) is 61.3 Å². The molecule has 160 valence electrons. The van der Waals surface area contributed by atoms with E-state index in [1.54, 1.807) is 0 Å². The van der Waals surface area contributed by atoms with Crippen molar-refractivity contribution in [3.63, 3.8) is 0 Å². The molecule has 2 unspecified atom stereocenters. The van der Waals surface area contributed by atoms with Gasteiger partial charge in [-0.2, -0.15) is 4.37 Å². The molecule has 0 saturated heterocycles. The average Bonchev–Trinajstić information content (AvgIpc) is 3.10. The van der Waals surface area contributed by atoms with Crippen LogP contribution in [0.15, 0.2) is 6.08 Å². The molecule has 0 N–H and O–H groups in total. The summed E-state index contributed by atoms with van der Waals surface area (Å²) in [7, 11) is 2.14. The second-order valence-electron chi connectivity index (χ2n) is 7.90. The molecule has 0 aromatic carbocycles. The Morgan fingerprint density at radius 1 is 1.25 bits per heavy atom. The van der Waals surface area contributed by atoms with Crippen LogP contribution in [-0.2, 0) is 9.53 Å². The molecule has 1 aliphatic heterocycles. The SMILES string of the molecule is CCCCCCOc1nsnc1C1=CCC[N+](C)(C(C)OC(=O)C(C)C)C1.[Cl-]. The van der Waals surface area contributed by atoms with Gasteiger partial charge in [-0.3, -0.25) is 9.28 Å². The van der Waals surface area contributed by atoms with Gasteiger partial charge in [0.2, 0.25) is 6.23 Å². The molecule has 8 heteroatoms. The quantitative estimate of drug-likeness (QED) is 0.317. The Kier molecular flexibility index (Phi) is 10.4. The summed E-state index contributed by atoms with van der Waals surface area (Å²) in [6, 6.07) is 0. The van der Waals surface area contributed by atoms with Gasteiger partial charge in [-0.1, -0.05) is 46.1 Å². The van der Waals surface area contributed by atoms with Gasteiger partial charge in [-0.25, -0.2) is 0 Å². The molecule has 0 aliphatic carbocycles. The molecule has 28 heavy (non-hydrogen) atoms. The number of rotatable bonds is 10. The smallest absolute Gasteiger partial charge is 0.312 e. The highest BCUT2D eigenvalue weighted by Crippen LogP contribution is 2.31. The van der Waals surface area contributed by atoms with E-state index in [1.165, 1.54) is 31.0 Å². The Bertz CT molecular complexity index is 650. The summed E-state index contributed by atoms with van der Waals surface area (Å²) in [6.07, 6.45) is 7.61. The van der Waals surface area contributed by atoms with E-state index in [1.807, 2.05) is 20.8 Å². The summed E-state index contributed by atoms with van der Waals surface area (Å²) < 4.78 is 21.1. The van der Waals surface area contributed by atoms with Crippen molar-refractivity contribution in [2.75, 3.05) is 26.7 Å². The number of hydrogen-bond acceptors (Lipinski definition) is 6. The number of unbranched alkanes of at least 4 members (excludes halogenated alkanes) is 3. The summed E-state index contributed by atoms with van der Waals surface area (Å²) in [5.41, 5.74) is 1.98. The van der Waals surface area contributed by atoms with Crippen molar-refractivity contribution in [3.05, 3.63) is 11.8 Å². The zero-order valence-electron chi connectivity index (χ0n) is 17.7. The molecule has 0 radical (unpaired) electrons. The minimum atomic E-state index is -0.200. The van der Waals surface area contributed by atoms with Crippen molar-refractivity contribution in [1.82, 2.24) is 8.75 Å². The molecule has 0 bridgehead atoms. The largest absolute Gasteiger partial charge is 1.00 e. The molecular weight excluding hydrogens is 398 g/mol. The number of likely N-dealkylation sites (N-methyl/N-ethyl adjacent to an activating group) is 1. The molecule has 1 aromatic rings. The molecule has 0 amide bonds. The van der Waals surface area contributed by atoms with E-state index in [4.69, 9.17) is 9.47 Å². The van der Waals surface area contributed by atoms with E-state index in [9.17, 15) is 4.79 Å². The third-order valence-corrected chi connectivity index (χ3v) is 5.71. The molecule has 0 fully saturated rings. The maximum absolute atomic E-state index is 12.0. The maximum Gasteiger partial charge on any atom is 0.312 e. The molecule has 0 saturated carbocycles. The number of halogens is 1. The lowest BCUT2D eigenvalue weighted by molar-refractivity contribution is -0.944. The molecular formula is C20H34ClN3O3S. The first-order valence-electron chi connectivity index (χ1n) is 10.1. The van der Waals surface area contributed by atoms with E-state index in [2.05, 4.69) is 28.8 Å². The summed E-state index contributed by atoms with van der Waals surface area (Å²) in [4.78, 5) is 12.0. The first-order chi connectivity index (χ1) is 12.9. The minimum Gasteiger partial charge on any atom is -1.00 e. The predicted molar refractivity (Wildman–Crippen MR) is 108 cm³/mol. The zero-order valence-corrected chi connectivity index (χ0v) is 19.3. The number of quaternary nitrogens is 1. The maximum atomic E-state index is 12.0. The zero-order chi connectivity index (χ0) is 19.9. The van der Waals surface area contributed by atoms with Crippen LogP contribution in [0, 0.1) is 5.92 Å². The van der Waals surface area contributed by atoms with Crippen LogP contribution in [0.4, 0.5) is 0 Å². The fourth-order valence-electron chi connectivity index (χ4n) is 3.15. The van der Waals surface area contributed by atoms with Gasteiger partial charge in [0, 0.05) is 18.9 Å². The Balaban J connectivity index is 0.00000392. The molecule has 1 aromatic heterocycles. The van der Waals surface area contributed by atoms with Gasteiger partial charge in [-0.15, -0.1) is 4.37 Å². The monoisotopic (exact) mass is 431 g/mol. The molecule has 1 aliphatic rings. The van der Waals surface area contributed by atoms with Gasteiger partial charge in [0.05, 0.1) is 37.8 Å². The highest BCUT2D eigenvalue weighted by molar-refractivity contribution is 6.99. The van der Waals surface area contributed by atoms with E-state index in [-0.39, 0.29) is 30.5 Å². The van der Waals surface area contributed by atoms with Crippen LogP contribution in [0.3, 0.4) is 0 Å². The minimum absolute atomic E-state index is 0. The first kappa shape index (κ1) is 24.9. The summed E-state index contributed by atoms with van der Waals surface area (Å²) in [5, 5.41) is 0. The van der Waals surface area contributed by atoms with Crippen LogP contribution < -0.4 is 17.1 Å². The van der Waals surface area contributed by atoms with Gasteiger partial charge in [0.25, 0.3) is 5.88 Å². The molecule has 2 atom stereocenters. The van der Waals surface area contributed by atoms with Crippen molar-refractivity contribution >= 4 is 23.3 Å². The van der Waals surface area contributed by atoms with Crippen molar-refractivity contribution in [1.29, 1.82) is 0 Å². The van der Waals surface area contributed by atoms with E-state index < -0.39 is 0 Å². The molecule has 2 heterocycles. The van der Waals surface area contributed by atoms with Gasteiger partial charge in [-0.05, 0) is 6.42 Å². The lowest BCUT2D eigenvalue weighted by atomic mass is 10.0. The summed E-state index contributed by atoms with van der Waals surface area (Å²) >= 11 is 1.19. The number of esters is 1. The number of nitrogens with zero attached hydrogens (tertiary/aromatic N) is 3. The van der Waals surface area contributed by atoms with Crippen LogP contribution in [0.1, 0.15) is 65.5 Å². The van der Waals surface area contributed by atoms with Gasteiger partial charge < -0.3 is 21.9 Å².